The first-order valence-corrected chi connectivity index (χ1v) is 11.2. The van der Waals surface area contributed by atoms with Crippen LogP contribution in [0.3, 0.4) is 0 Å². The Morgan fingerprint density at radius 2 is 2.00 bits per heavy atom. The highest BCUT2D eigenvalue weighted by atomic mass is 32.2. The molecular weight excluding hydrogens is 426 g/mol. The van der Waals surface area contributed by atoms with Crippen LogP contribution in [-0.4, -0.2) is 30.3 Å². The number of nitrogens with zero attached hydrogens (tertiary/aromatic N) is 5. The number of ketones is 1. The van der Waals surface area contributed by atoms with E-state index < -0.39 is 4.92 Å². The minimum atomic E-state index is -0.408. The van der Waals surface area contributed by atoms with Crippen molar-refractivity contribution in [1.82, 2.24) is 19.6 Å². The minimum absolute atomic E-state index is 0.0578. The lowest BCUT2D eigenvalue weighted by atomic mass is 9.82. The Kier molecular flexibility index (Phi) is 5.18. The summed E-state index contributed by atoms with van der Waals surface area (Å²) in [5, 5.41) is 16.1. The fourth-order valence-corrected chi connectivity index (χ4v) is 4.73. The van der Waals surface area contributed by atoms with Crippen LogP contribution in [0.25, 0.3) is 5.78 Å². The Balaban J connectivity index is 1.42. The van der Waals surface area contributed by atoms with Crippen molar-refractivity contribution in [2.75, 3.05) is 0 Å². The highest BCUT2D eigenvalue weighted by Crippen LogP contribution is 2.33. The van der Waals surface area contributed by atoms with E-state index in [0.29, 0.717) is 35.1 Å². The van der Waals surface area contributed by atoms with E-state index in [9.17, 15) is 14.9 Å². The number of nitro groups is 1. The second kappa shape index (κ2) is 8.16. The molecule has 0 amide bonds. The number of thioether (sulfide) groups is 1. The van der Waals surface area contributed by atoms with E-state index in [2.05, 4.69) is 39.3 Å². The van der Waals surface area contributed by atoms with E-state index in [1.807, 2.05) is 13.0 Å². The highest BCUT2D eigenvalue weighted by molar-refractivity contribution is 7.98. The van der Waals surface area contributed by atoms with E-state index in [-0.39, 0.29) is 17.4 Å². The van der Waals surface area contributed by atoms with Gasteiger partial charge < -0.3 is 0 Å². The Morgan fingerprint density at radius 1 is 1.19 bits per heavy atom. The van der Waals surface area contributed by atoms with Crippen LogP contribution in [0.5, 0.6) is 0 Å². The molecule has 32 heavy (non-hydrogen) atoms. The van der Waals surface area contributed by atoms with Crippen molar-refractivity contribution in [3.8, 4) is 0 Å². The zero-order valence-electron chi connectivity index (χ0n) is 17.3. The van der Waals surface area contributed by atoms with Crippen molar-refractivity contribution in [1.29, 1.82) is 0 Å². The fraction of sp³-hybridized carbons (Fsp3) is 0.217. The molecule has 1 aliphatic carbocycles. The van der Waals surface area contributed by atoms with Crippen LogP contribution in [-0.2, 0) is 12.2 Å². The molecule has 9 heteroatoms. The number of aryl methyl sites for hydroxylation is 1. The Hall–Kier alpha value is -3.59. The van der Waals surface area contributed by atoms with Gasteiger partial charge in [-0.1, -0.05) is 53.7 Å². The van der Waals surface area contributed by atoms with E-state index >= 15 is 0 Å². The summed E-state index contributed by atoms with van der Waals surface area (Å²) in [6, 6.07) is 14.8. The first kappa shape index (κ1) is 20.3. The predicted molar refractivity (Wildman–Crippen MR) is 120 cm³/mol. The molecule has 0 N–H and O–H groups in total. The first-order valence-electron chi connectivity index (χ1n) is 10.2. The fourth-order valence-electron chi connectivity index (χ4n) is 3.97. The second-order valence-electron chi connectivity index (χ2n) is 7.88. The van der Waals surface area contributed by atoms with Crippen LogP contribution in [0.4, 0.5) is 5.69 Å². The van der Waals surface area contributed by atoms with Crippen LogP contribution in [0.2, 0.25) is 0 Å². The van der Waals surface area contributed by atoms with Gasteiger partial charge in [0.1, 0.15) is 0 Å². The average molecular weight is 446 g/mol. The van der Waals surface area contributed by atoms with Gasteiger partial charge in [-0.25, -0.2) is 4.98 Å². The van der Waals surface area contributed by atoms with Crippen molar-refractivity contribution in [2.45, 2.75) is 36.6 Å². The third-order valence-corrected chi connectivity index (χ3v) is 6.57. The van der Waals surface area contributed by atoms with Gasteiger partial charge in [0.15, 0.2) is 5.78 Å². The number of benzene rings is 2. The zero-order chi connectivity index (χ0) is 22.2. The number of non-ortho nitro benzene ring substituents is 1. The lowest BCUT2D eigenvalue weighted by Crippen LogP contribution is -2.22. The summed E-state index contributed by atoms with van der Waals surface area (Å²) in [5.74, 6) is 1.09. The third kappa shape index (κ3) is 3.87. The van der Waals surface area contributed by atoms with Crippen molar-refractivity contribution >= 4 is 29.0 Å². The summed E-state index contributed by atoms with van der Waals surface area (Å²) < 4.78 is 1.67. The Morgan fingerprint density at radius 3 is 2.78 bits per heavy atom. The van der Waals surface area contributed by atoms with Crippen LogP contribution in [0, 0.1) is 17.0 Å². The molecule has 0 saturated heterocycles. The van der Waals surface area contributed by atoms with Crippen molar-refractivity contribution in [2.24, 2.45) is 0 Å². The molecule has 0 saturated carbocycles. The van der Waals surface area contributed by atoms with Crippen molar-refractivity contribution < 1.29 is 9.72 Å². The van der Waals surface area contributed by atoms with E-state index in [4.69, 9.17) is 0 Å². The summed E-state index contributed by atoms with van der Waals surface area (Å²) in [7, 11) is 0. The lowest BCUT2D eigenvalue weighted by molar-refractivity contribution is -0.384. The molecule has 160 valence electrons. The van der Waals surface area contributed by atoms with Crippen molar-refractivity contribution in [3.63, 3.8) is 0 Å². The van der Waals surface area contributed by atoms with Gasteiger partial charge in [0.25, 0.3) is 11.5 Å². The highest BCUT2D eigenvalue weighted by Gasteiger charge is 2.29. The Labute approximate surface area is 187 Å². The monoisotopic (exact) mass is 445 g/mol. The number of carbonyl (C=O) groups is 1. The predicted octanol–water partition coefficient (Wildman–Crippen LogP) is 4.55. The molecule has 1 aliphatic rings. The van der Waals surface area contributed by atoms with E-state index in [0.717, 1.165) is 16.8 Å². The number of hydrogen-bond acceptors (Lipinski definition) is 7. The van der Waals surface area contributed by atoms with Crippen LogP contribution >= 0.6 is 11.8 Å². The SMILES string of the molecule is Cc1ccc(C2CC(=O)c3cnc4nc(SCc5cccc([N+](=O)[O-])c5)nn4c3C2)cc1. The molecule has 8 nitrogen and oxygen atoms in total. The number of fused-ring (bicyclic) bond motifs is 3. The minimum Gasteiger partial charge on any atom is -0.294 e. The number of rotatable bonds is 5. The molecule has 2 aromatic heterocycles. The Bertz CT molecular complexity index is 1350. The van der Waals surface area contributed by atoms with Gasteiger partial charge in [0, 0.05) is 30.5 Å². The number of aromatic nitrogens is 4. The van der Waals surface area contributed by atoms with Gasteiger partial charge in [-0.2, -0.15) is 9.50 Å². The number of hydrogen-bond donors (Lipinski definition) is 0. The summed E-state index contributed by atoms with van der Waals surface area (Å²) in [6.45, 7) is 2.04. The summed E-state index contributed by atoms with van der Waals surface area (Å²) >= 11 is 1.38. The van der Waals surface area contributed by atoms with Crippen LogP contribution in [0.15, 0.2) is 59.9 Å². The third-order valence-electron chi connectivity index (χ3n) is 5.66. The van der Waals surface area contributed by atoms with Gasteiger partial charge in [-0.3, -0.25) is 14.9 Å². The molecule has 0 bridgehead atoms. The van der Waals surface area contributed by atoms with E-state index in [1.54, 1.807) is 22.8 Å². The summed E-state index contributed by atoms with van der Waals surface area (Å²) in [4.78, 5) is 32.2. The normalized spacial score (nSPS) is 15.7. The first-order chi connectivity index (χ1) is 15.5. The molecule has 0 aliphatic heterocycles. The topological polar surface area (TPSA) is 103 Å². The van der Waals surface area contributed by atoms with Gasteiger partial charge in [0.2, 0.25) is 5.16 Å². The molecule has 0 radical (unpaired) electrons. The molecule has 4 aromatic rings. The molecule has 0 spiro atoms. The van der Waals surface area contributed by atoms with Gasteiger partial charge in [-0.15, -0.1) is 5.10 Å². The maximum atomic E-state index is 12.8. The van der Waals surface area contributed by atoms with Crippen molar-refractivity contribution in [3.05, 3.63) is 92.8 Å². The van der Waals surface area contributed by atoms with Gasteiger partial charge in [-0.05, 0) is 30.4 Å². The maximum absolute atomic E-state index is 12.8. The molecule has 5 rings (SSSR count). The number of carbonyl (C=O) groups excluding carboxylic acids is 1. The molecule has 2 heterocycles. The van der Waals surface area contributed by atoms with Crippen LogP contribution < -0.4 is 0 Å². The maximum Gasteiger partial charge on any atom is 0.269 e. The van der Waals surface area contributed by atoms with Gasteiger partial charge >= 0.3 is 0 Å². The number of nitro benzene ring substituents is 1. The standard InChI is InChI=1S/C23H19N5O3S/c1-14-5-7-16(8-6-14)17-10-20-19(21(29)11-17)12-24-22-25-23(26-27(20)22)32-13-15-3-2-4-18(9-15)28(30)31/h2-9,12,17H,10-11,13H2,1H3. The smallest absolute Gasteiger partial charge is 0.269 e. The second-order valence-corrected chi connectivity index (χ2v) is 8.82. The average Bonchev–Trinajstić information content (AvgIpc) is 3.22. The molecule has 0 fully saturated rings. The van der Waals surface area contributed by atoms with Gasteiger partial charge in [0.05, 0.1) is 16.2 Å². The summed E-state index contributed by atoms with van der Waals surface area (Å²) in [5.41, 5.74) is 4.62. The van der Waals surface area contributed by atoms with Crippen LogP contribution in [0.1, 0.15) is 45.1 Å². The quantitative estimate of drug-likeness (QED) is 0.252. The number of Topliss-reactive ketones (excluding diaryl/α,β-unsaturated/α-hetero) is 1. The largest absolute Gasteiger partial charge is 0.294 e. The molecular formula is C23H19N5O3S. The zero-order valence-corrected chi connectivity index (χ0v) is 18.1. The molecule has 1 unspecified atom stereocenters. The molecule has 1 atom stereocenters. The molecule has 2 aromatic carbocycles. The lowest BCUT2D eigenvalue weighted by Gasteiger charge is -2.23. The summed E-state index contributed by atoms with van der Waals surface area (Å²) in [6.07, 6.45) is 2.73. The van der Waals surface area contributed by atoms with E-state index in [1.165, 1.54) is 23.4 Å².